The average Bonchev–Trinajstić information content (AvgIpc) is 1.65. The maximum absolute atomic E-state index is 9.65. The summed E-state index contributed by atoms with van der Waals surface area (Å²) in [6.45, 7) is 3.04. The van der Waals surface area contributed by atoms with E-state index in [1.807, 2.05) is 0 Å². The zero-order valence-corrected chi connectivity index (χ0v) is 2.60. The Bertz CT molecular complexity index is 69.2. The van der Waals surface area contributed by atoms with Crippen LogP contribution in [0.5, 0.6) is 0 Å². The van der Waals surface area contributed by atoms with Gasteiger partial charge in [0.05, 0.1) is 0 Å². The standard InChI is InChI=1S/C3H4O2/c1-2-3(4)5/h2H,1H2,(H,4,5)/i/hD. The molecule has 5 heavy (non-hydrogen) atoms. The summed E-state index contributed by atoms with van der Waals surface area (Å²) in [4.78, 5) is 9.65. The maximum Gasteiger partial charge on any atom is 0.327 e. The molecule has 0 aromatic heterocycles. The van der Waals surface area contributed by atoms with Gasteiger partial charge in [-0.15, -0.1) is 0 Å². The Hall–Kier alpha value is -0.790. The lowest BCUT2D eigenvalue weighted by atomic mass is 10.7. The van der Waals surface area contributed by atoms with Crippen molar-refractivity contribution in [3.05, 3.63) is 12.7 Å². The molecule has 0 aliphatic heterocycles. The van der Waals surface area contributed by atoms with Gasteiger partial charge in [-0.3, -0.25) is 0 Å². The van der Waals surface area contributed by atoms with E-state index in [4.69, 9.17) is 1.43 Å². The number of carboxylic acids is 1. The third kappa shape index (κ3) is 3.21. The molecule has 0 rings (SSSR count). The van der Waals surface area contributed by atoms with E-state index in [1.165, 1.54) is 0 Å². The van der Waals surface area contributed by atoms with Gasteiger partial charge >= 0.3 is 5.97 Å². The number of rotatable bonds is 1. The molecule has 0 atom stereocenters. The summed E-state index contributed by atoms with van der Waals surface area (Å²) in [6.07, 6.45) is 0.924. The predicted molar refractivity (Wildman–Crippen MR) is 17.8 cm³/mol. The fourth-order valence-electron chi connectivity index (χ4n) is 0. The van der Waals surface area contributed by atoms with E-state index in [0.29, 0.717) is 0 Å². The van der Waals surface area contributed by atoms with Crippen molar-refractivity contribution in [3.63, 3.8) is 0 Å². The average molecular weight is 73.1 g/mol. The lowest BCUT2D eigenvalue weighted by molar-refractivity contribution is -0.131. The lowest BCUT2D eigenvalue weighted by Gasteiger charge is -1.64. The highest BCUT2D eigenvalue weighted by Crippen LogP contribution is 1.54. The minimum absolute atomic E-state index is 0.727. The summed E-state index contributed by atoms with van der Waals surface area (Å²) in [6, 6.07) is 0. The third-order valence-electron chi connectivity index (χ3n) is 0.167. The van der Waals surface area contributed by atoms with Crippen LogP contribution < -0.4 is 0 Å². The highest BCUT2D eigenvalue weighted by molar-refractivity contribution is 5.78. The van der Waals surface area contributed by atoms with Crippen LogP contribution >= 0.6 is 0 Å². The van der Waals surface area contributed by atoms with E-state index < -0.39 is 5.97 Å². The second kappa shape index (κ2) is 1.52. The van der Waals surface area contributed by atoms with Gasteiger partial charge in [0.1, 0.15) is 0 Å². The molecule has 0 radical (unpaired) electrons. The molecule has 0 fully saturated rings. The van der Waals surface area contributed by atoms with E-state index in [0.717, 1.165) is 6.08 Å². The SMILES string of the molecule is [2H]OC(=O)C=C. The van der Waals surface area contributed by atoms with Crippen molar-refractivity contribution in [1.29, 1.82) is 1.43 Å². The van der Waals surface area contributed by atoms with Crippen LogP contribution in [0.2, 0.25) is 0 Å². The first kappa shape index (κ1) is 2.45. The van der Waals surface area contributed by atoms with Crippen LogP contribution in [-0.2, 0) is 4.79 Å². The van der Waals surface area contributed by atoms with Gasteiger partial charge in [-0.1, -0.05) is 6.58 Å². The maximum atomic E-state index is 9.65. The number of carboxylic acid groups (broad SMARTS) is 1. The molecule has 0 spiro atoms. The van der Waals surface area contributed by atoms with Gasteiger partial charge in [0.25, 0.3) is 1.43 Å². The first-order valence-corrected chi connectivity index (χ1v) is 1.11. The minimum atomic E-state index is -0.727. The van der Waals surface area contributed by atoms with Gasteiger partial charge in [-0.25, -0.2) is 4.79 Å². The van der Waals surface area contributed by atoms with Gasteiger partial charge in [0, 0.05) is 6.08 Å². The molecule has 2 nitrogen and oxygen atoms in total. The summed E-state index contributed by atoms with van der Waals surface area (Å²) in [5.74, 6) is -0.727. The number of hydrogen-bond acceptors (Lipinski definition) is 2. The molecule has 0 saturated heterocycles. The summed E-state index contributed by atoms with van der Waals surface area (Å²) in [7, 11) is 0. The van der Waals surface area contributed by atoms with Gasteiger partial charge in [-0.2, -0.15) is 0 Å². The lowest BCUT2D eigenvalue weighted by Crippen LogP contribution is -1.82. The topological polar surface area (TPSA) is 37.3 Å². The first-order valence-electron chi connectivity index (χ1n) is 1.51. The zero-order valence-electron chi connectivity index (χ0n) is 3.60. The Morgan fingerprint density at radius 2 is 3.00 bits per heavy atom. The normalized spacial score (nSPS) is 8.40. The quantitative estimate of drug-likeness (QED) is 0.452. The van der Waals surface area contributed by atoms with Gasteiger partial charge in [-0.05, 0) is 0 Å². The smallest absolute Gasteiger partial charge is 0.327 e. The summed E-state index contributed by atoms with van der Waals surface area (Å²) in [5, 5.41) is 3.39. The van der Waals surface area contributed by atoms with Gasteiger partial charge in [0.2, 0.25) is 0 Å². The summed E-state index contributed by atoms with van der Waals surface area (Å²) < 4.78 is 5.89. The molecule has 0 saturated carbocycles. The number of aliphatic carboxylic acids is 1. The minimum Gasteiger partial charge on any atom is -0.478 e. The monoisotopic (exact) mass is 73.0 g/mol. The Kier molecular flexibility index (Phi) is 0.745. The van der Waals surface area contributed by atoms with Gasteiger partial charge in [0.15, 0.2) is 0 Å². The molecule has 2 heteroatoms. The molecule has 0 aromatic carbocycles. The van der Waals surface area contributed by atoms with Crippen LogP contribution in [0.3, 0.4) is 0 Å². The third-order valence-corrected chi connectivity index (χ3v) is 0.167. The van der Waals surface area contributed by atoms with Crippen molar-refractivity contribution in [2.24, 2.45) is 0 Å². The first-order chi connectivity index (χ1) is 2.81. The van der Waals surface area contributed by atoms with Crippen LogP contribution in [0.1, 0.15) is 0 Å². The fourth-order valence-corrected chi connectivity index (χ4v) is 0. The van der Waals surface area contributed by atoms with Crippen LogP contribution in [0.4, 0.5) is 0 Å². The second-order valence-electron chi connectivity index (χ2n) is 0.523. The molecule has 0 aliphatic rings. The molecule has 28 valence electrons. The van der Waals surface area contributed by atoms with E-state index in [2.05, 4.69) is 11.7 Å². The van der Waals surface area contributed by atoms with Crippen LogP contribution in [-0.4, -0.2) is 11.1 Å². The van der Waals surface area contributed by atoms with Crippen LogP contribution in [0, 0.1) is 0 Å². The van der Waals surface area contributed by atoms with E-state index in [1.54, 1.807) is 0 Å². The molecular formula is C3H4O2. The van der Waals surface area contributed by atoms with E-state index in [9.17, 15) is 4.79 Å². The zero-order chi connectivity index (χ0) is 4.99. The molecule has 0 unspecified atom stereocenters. The number of hydrogen-bond donors (Lipinski definition) is 1. The Morgan fingerprint density at radius 3 is 3.00 bits per heavy atom. The van der Waals surface area contributed by atoms with E-state index >= 15 is 0 Å². The van der Waals surface area contributed by atoms with Crippen molar-refractivity contribution in [2.45, 2.75) is 0 Å². The largest absolute Gasteiger partial charge is 0.478 e. The Balaban J connectivity index is 3.23. The van der Waals surface area contributed by atoms with Crippen molar-refractivity contribution >= 4 is 5.97 Å². The Labute approximate surface area is 31.2 Å². The molecule has 1 N–H and O–H groups in total. The van der Waals surface area contributed by atoms with Gasteiger partial charge < -0.3 is 5.11 Å². The van der Waals surface area contributed by atoms with Crippen LogP contribution in [0.25, 0.3) is 1.43 Å². The predicted octanol–water partition coefficient (Wildman–Crippen LogP) is 0.257. The highest BCUT2D eigenvalue weighted by atomic mass is 16.4. The number of carbonyl (C=O) groups is 1. The van der Waals surface area contributed by atoms with Crippen molar-refractivity contribution in [2.75, 3.05) is 0 Å². The van der Waals surface area contributed by atoms with E-state index in [-0.39, 0.29) is 0 Å². The van der Waals surface area contributed by atoms with Crippen molar-refractivity contribution in [3.8, 4) is 0 Å². The van der Waals surface area contributed by atoms with Crippen LogP contribution in [0.15, 0.2) is 12.7 Å². The molecule has 0 heterocycles. The van der Waals surface area contributed by atoms with Crippen molar-refractivity contribution < 1.29 is 9.90 Å². The molecular weight excluding hydrogens is 68.0 g/mol. The fraction of sp³-hybridized carbons (Fsp3) is 0. The molecule has 0 amide bonds. The Morgan fingerprint density at radius 1 is 2.40 bits per heavy atom. The summed E-state index contributed by atoms with van der Waals surface area (Å²) >= 11 is 0. The second-order valence-corrected chi connectivity index (χ2v) is 0.523. The molecule has 0 bridgehead atoms. The molecule has 0 aromatic rings. The molecule has 0 aliphatic carbocycles. The van der Waals surface area contributed by atoms with Crippen molar-refractivity contribution in [1.82, 2.24) is 0 Å². The highest BCUT2D eigenvalue weighted by Gasteiger charge is 1.73. The summed E-state index contributed by atoms with van der Waals surface area (Å²) in [5.41, 5.74) is 0.